The van der Waals surface area contributed by atoms with Crippen molar-refractivity contribution >= 4 is 9.84 Å². The van der Waals surface area contributed by atoms with E-state index >= 15 is 0 Å². The number of para-hydroxylation sites is 1. The highest BCUT2D eigenvalue weighted by Gasteiger charge is 2.05. The van der Waals surface area contributed by atoms with Crippen LogP contribution in [0.2, 0.25) is 0 Å². The topological polar surface area (TPSA) is 46.6 Å². The van der Waals surface area contributed by atoms with Crippen molar-refractivity contribution in [2.24, 2.45) is 0 Å². The van der Waals surface area contributed by atoms with E-state index in [0.29, 0.717) is 13.2 Å². The minimum absolute atomic E-state index is 0.210. The largest absolute Gasteiger partial charge is 0.493 e. The van der Waals surface area contributed by atoms with Crippen LogP contribution < -0.4 is 4.74 Å². The molecule has 108 valence electrons. The SMILES string of the molecule is Cc1ccccc1OCCCN(C)CCS(C)(=O)=O. The van der Waals surface area contributed by atoms with Gasteiger partial charge in [0.05, 0.1) is 12.4 Å². The van der Waals surface area contributed by atoms with E-state index < -0.39 is 9.84 Å². The second-order valence-corrected chi connectivity index (χ2v) is 7.16. The van der Waals surface area contributed by atoms with E-state index in [-0.39, 0.29) is 5.75 Å². The van der Waals surface area contributed by atoms with E-state index in [1.807, 2.05) is 43.1 Å². The van der Waals surface area contributed by atoms with Crippen LogP contribution in [0.15, 0.2) is 24.3 Å². The van der Waals surface area contributed by atoms with Crippen LogP contribution in [0.1, 0.15) is 12.0 Å². The summed E-state index contributed by atoms with van der Waals surface area (Å²) < 4.78 is 27.8. The number of ether oxygens (including phenoxy) is 1. The number of hydrogen-bond acceptors (Lipinski definition) is 4. The molecule has 0 fully saturated rings. The van der Waals surface area contributed by atoms with Crippen molar-refractivity contribution in [1.82, 2.24) is 4.90 Å². The standard InChI is InChI=1S/C14H23NO3S/c1-13-7-4-5-8-14(13)18-11-6-9-15(2)10-12-19(3,16)17/h4-5,7-8H,6,9-12H2,1-3H3. The summed E-state index contributed by atoms with van der Waals surface area (Å²) in [6.07, 6.45) is 2.15. The molecular formula is C14H23NO3S. The number of sulfone groups is 1. The lowest BCUT2D eigenvalue weighted by atomic mass is 10.2. The van der Waals surface area contributed by atoms with E-state index in [2.05, 4.69) is 0 Å². The highest BCUT2D eigenvalue weighted by Crippen LogP contribution is 2.16. The van der Waals surface area contributed by atoms with Crippen LogP contribution in [0.4, 0.5) is 0 Å². The molecule has 0 aliphatic rings. The molecule has 1 rings (SSSR count). The maximum atomic E-state index is 11.0. The van der Waals surface area contributed by atoms with Gasteiger partial charge in [-0.3, -0.25) is 0 Å². The van der Waals surface area contributed by atoms with Gasteiger partial charge in [-0.15, -0.1) is 0 Å². The van der Waals surface area contributed by atoms with Gasteiger partial charge in [0.1, 0.15) is 15.6 Å². The maximum Gasteiger partial charge on any atom is 0.148 e. The van der Waals surface area contributed by atoms with E-state index in [4.69, 9.17) is 4.74 Å². The van der Waals surface area contributed by atoms with E-state index in [0.717, 1.165) is 24.3 Å². The van der Waals surface area contributed by atoms with Gasteiger partial charge >= 0.3 is 0 Å². The molecule has 0 saturated carbocycles. The maximum absolute atomic E-state index is 11.0. The Labute approximate surface area is 116 Å². The molecule has 0 aliphatic carbocycles. The van der Waals surface area contributed by atoms with Crippen molar-refractivity contribution in [2.45, 2.75) is 13.3 Å². The van der Waals surface area contributed by atoms with Crippen molar-refractivity contribution in [1.29, 1.82) is 0 Å². The summed E-state index contributed by atoms with van der Waals surface area (Å²) >= 11 is 0. The molecule has 0 amide bonds. The molecule has 0 heterocycles. The Morgan fingerprint density at radius 3 is 2.53 bits per heavy atom. The molecule has 0 bridgehead atoms. The first-order valence-corrected chi connectivity index (χ1v) is 8.49. The third kappa shape index (κ3) is 7.18. The van der Waals surface area contributed by atoms with Gasteiger partial charge in [0.15, 0.2) is 0 Å². The van der Waals surface area contributed by atoms with E-state index in [9.17, 15) is 8.42 Å². The molecule has 0 atom stereocenters. The molecule has 0 aliphatic heterocycles. The third-order valence-electron chi connectivity index (χ3n) is 2.88. The second kappa shape index (κ2) is 7.50. The Bertz CT molecular complexity index is 485. The Hall–Kier alpha value is -1.07. The van der Waals surface area contributed by atoms with Crippen molar-refractivity contribution in [2.75, 3.05) is 38.8 Å². The molecule has 5 heteroatoms. The fraction of sp³-hybridized carbons (Fsp3) is 0.571. The van der Waals surface area contributed by atoms with Crippen LogP contribution in [-0.4, -0.2) is 52.1 Å². The van der Waals surface area contributed by atoms with Gasteiger partial charge in [0, 0.05) is 19.3 Å². The molecule has 0 unspecified atom stereocenters. The summed E-state index contributed by atoms with van der Waals surface area (Å²) in [6.45, 7) is 4.08. The van der Waals surface area contributed by atoms with Crippen LogP contribution in [0.5, 0.6) is 5.75 Å². The number of aryl methyl sites for hydroxylation is 1. The fourth-order valence-electron chi connectivity index (χ4n) is 1.67. The van der Waals surface area contributed by atoms with Gasteiger partial charge in [0.25, 0.3) is 0 Å². The number of rotatable bonds is 8. The zero-order chi connectivity index (χ0) is 14.3. The number of benzene rings is 1. The predicted molar refractivity (Wildman–Crippen MR) is 78.5 cm³/mol. The Balaban J connectivity index is 2.19. The van der Waals surface area contributed by atoms with E-state index in [1.54, 1.807) is 0 Å². The lowest BCUT2D eigenvalue weighted by Crippen LogP contribution is -2.27. The molecule has 0 radical (unpaired) electrons. The molecule has 4 nitrogen and oxygen atoms in total. The summed E-state index contributed by atoms with van der Waals surface area (Å²) in [5.41, 5.74) is 1.13. The van der Waals surface area contributed by atoms with Crippen LogP contribution in [-0.2, 0) is 9.84 Å². The molecule has 0 N–H and O–H groups in total. The van der Waals surface area contributed by atoms with Crippen molar-refractivity contribution in [3.8, 4) is 5.75 Å². The lowest BCUT2D eigenvalue weighted by Gasteiger charge is -2.16. The Morgan fingerprint density at radius 2 is 1.89 bits per heavy atom. The van der Waals surface area contributed by atoms with Crippen LogP contribution >= 0.6 is 0 Å². The van der Waals surface area contributed by atoms with E-state index in [1.165, 1.54) is 6.26 Å². The molecule has 1 aromatic rings. The van der Waals surface area contributed by atoms with Crippen molar-refractivity contribution in [3.05, 3.63) is 29.8 Å². The van der Waals surface area contributed by atoms with Crippen molar-refractivity contribution in [3.63, 3.8) is 0 Å². The van der Waals surface area contributed by atoms with Gasteiger partial charge in [-0.1, -0.05) is 18.2 Å². The van der Waals surface area contributed by atoms with Crippen LogP contribution in [0, 0.1) is 6.92 Å². The lowest BCUT2D eigenvalue weighted by molar-refractivity contribution is 0.267. The molecule has 0 aromatic heterocycles. The van der Waals surface area contributed by atoms with Gasteiger partial charge in [-0.2, -0.15) is 0 Å². The average molecular weight is 285 g/mol. The Morgan fingerprint density at radius 1 is 1.21 bits per heavy atom. The van der Waals surface area contributed by atoms with Crippen LogP contribution in [0.3, 0.4) is 0 Å². The van der Waals surface area contributed by atoms with Gasteiger partial charge in [0.2, 0.25) is 0 Å². The van der Waals surface area contributed by atoms with Crippen LogP contribution in [0.25, 0.3) is 0 Å². The summed E-state index contributed by atoms with van der Waals surface area (Å²) in [5.74, 6) is 1.13. The third-order valence-corrected chi connectivity index (χ3v) is 3.80. The van der Waals surface area contributed by atoms with Gasteiger partial charge in [-0.25, -0.2) is 8.42 Å². The first kappa shape index (κ1) is 16.0. The number of hydrogen-bond donors (Lipinski definition) is 0. The summed E-state index contributed by atoms with van der Waals surface area (Å²) in [7, 11) is -0.942. The molecule has 0 spiro atoms. The Kier molecular flexibility index (Phi) is 6.31. The molecule has 1 aromatic carbocycles. The first-order valence-electron chi connectivity index (χ1n) is 6.43. The summed E-state index contributed by atoms with van der Waals surface area (Å²) in [4.78, 5) is 2.02. The van der Waals surface area contributed by atoms with Gasteiger partial charge < -0.3 is 9.64 Å². The predicted octanol–water partition coefficient (Wildman–Crippen LogP) is 1.74. The zero-order valence-electron chi connectivity index (χ0n) is 11.9. The monoisotopic (exact) mass is 285 g/mol. The summed E-state index contributed by atoms with van der Waals surface area (Å²) in [5, 5.41) is 0. The van der Waals surface area contributed by atoms with Gasteiger partial charge in [-0.05, 0) is 32.0 Å². The van der Waals surface area contributed by atoms with Crippen molar-refractivity contribution < 1.29 is 13.2 Å². The molecular weight excluding hydrogens is 262 g/mol. The normalized spacial score (nSPS) is 11.8. The minimum atomic E-state index is -2.87. The zero-order valence-corrected chi connectivity index (χ0v) is 12.7. The highest BCUT2D eigenvalue weighted by atomic mass is 32.2. The molecule has 0 saturated heterocycles. The average Bonchev–Trinajstić information content (AvgIpc) is 2.33. The quantitative estimate of drug-likeness (QED) is 0.683. The second-order valence-electron chi connectivity index (χ2n) is 4.90. The fourth-order valence-corrected chi connectivity index (χ4v) is 2.31. The summed E-state index contributed by atoms with van der Waals surface area (Å²) in [6, 6.07) is 7.93. The molecule has 19 heavy (non-hydrogen) atoms. The highest BCUT2D eigenvalue weighted by molar-refractivity contribution is 7.90. The smallest absolute Gasteiger partial charge is 0.148 e. The minimum Gasteiger partial charge on any atom is -0.493 e. The first-order chi connectivity index (χ1) is 8.88. The number of nitrogens with zero attached hydrogens (tertiary/aromatic N) is 1.